The van der Waals surface area contributed by atoms with Crippen molar-refractivity contribution in [3.63, 3.8) is 0 Å². The van der Waals surface area contributed by atoms with E-state index in [1.165, 1.54) is 11.3 Å². The van der Waals surface area contributed by atoms with Gasteiger partial charge in [-0.3, -0.25) is 4.79 Å². The molecule has 2 rings (SSSR count). The fourth-order valence-electron chi connectivity index (χ4n) is 1.62. The first-order valence-electron chi connectivity index (χ1n) is 4.66. The van der Waals surface area contributed by atoms with Gasteiger partial charge in [0.25, 0.3) is 0 Å². The molecule has 1 heterocycles. The zero-order valence-corrected chi connectivity index (χ0v) is 9.33. The molecular formula is C10H12ClNOS. The van der Waals surface area contributed by atoms with Crippen LogP contribution < -0.4 is 5.73 Å². The molecule has 2 N–H and O–H groups in total. The first-order chi connectivity index (χ1) is 6.60. The Morgan fingerprint density at radius 1 is 1.57 bits per heavy atom. The van der Waals surface area contributed by atoms with Crippen molar-refractivity contribution < 1.29 is 4.79 Å². The van der Waals surface area contributed by atoms with Crippen molar-refractivity contribution in [3.05, 3.63) is 21.3 Å². The number of carbonyl (C=O) groups excluding carboxylic acids is 1. The maximum atomic E-state index is 11.8. The van der Waals surface area contributed by atoms with Crippen molar-refractivity contribution in [3.8, 4) is 0 Å². The zero-order chi connectivity index (χ0) is 10.2. The van der Waals surface area contributed by atoms with Crippen molar-refractivity contribution >= 4 is 28.7 Å². The molecule has 0 unspecified atom stereocenters. The number of Topliss-reactive ketones (excluding diaryl/α,β-unsaturated/α-hetero) is 1. The molecular weight excluding hydrogens is 218 g/mol. The topological polar surface area (TPSA) is 43.1 Å². The van der Waals surface area contributed by atoms with Gasteiger partial charge in [-0.05, 0) is 31.4 Å². The zero-order valence-electron chi connectivity index (χ0n) is 7.75. The maximum Gasteiger partial charge on any atom is 0.157 e. The van der Waals surface area contributed by atoms with Gasteiger partial charge >= 0.3 is 0 Å². The Kier molecular flexibility index (Phi) is 2.64. The first-order valence-corrected chi connectivity index (χ1v) is 5.86. The maximum absolute atomic E-state index is 11.8. The van der Waals surface area contributed by atoms with Crippen LogP contribution in [0, 0.1) is 0 Å². The van der Waals surface area contributed by atoms with Crippen LogP contribution in [0.1, 0.15) is 24.1 Å². The molecule has 0 amide bonds. The Hall–Kier alpha value is -0.380. The molecule has 1 fully saturated rings. The van der Waals surface area contributed by atoms with Gasteiger partial charge in [0.1, 0.15) is 0 Å². The summed E-state index contributed by atoms with van der Waals surface area (Å²) in [6.07, 6.45) is 3.19. The number of thiophene rings is 1. The van der Waals surface area contributed by atoms with Crippen LogP contribution in [0.25, 0.3) is 0 Å². The summed E-state index contributed by atoms with van der Waals surface area (Å²) in [5.41, 5.74) is 5.39. The molecule has 1 aromatic heterocycles. The van der Waals surface area contributed by atoms with Crippen molar-refractivity contribution in [1.82, 2.24) is 0 Å². The number of nitrogens with two attached hydrogens (primary N) is 1. The Morgan fingerprint density at radius 2 is 2.29 bits per heavy atom. The Morgan fingerprint density at radius 3 is 2.71 bits per heavy atom. The summed E-state index contributed by atoms with van der Waals surface area (Å²) in [5.74, 6) is 0.155. The molecule has 76 valence electrons. The second kappa shape index (κ2) is 3.65. The van der Waals surface area contributed by atoms with E-state index in [0.29, 0.717) is 6.42 Å². The smallest absolute Gasteiger partial charge is 0.157 e. The minimum absolute atomic E-state index is 0.155. The molecule has 0 aromatic carbocycles. The fraction of sp³-hybridized carbons (Fsp3) is 0.500. The van der Waals surface area contributed by atoms with Gasteiger partial charge < -0.3 is 5.73 Å². The summed E-state index contributed by atoms with van der Waals surface area (Å²) in [6.45, 7) is 0. The standard InChI is InChI=1S/C10H12ClNOS/c11-9-3-2-7(14-9)6-8(13)10(12)4-1-5-10/h2-3H,1,4-6,12H2. The van der Waals surface area contributed by atoms with Gasteiger partial charge in [0.2, 0.25) is 0 Å². The number of hydrogen-bond acceptors (Lipinski definition) is 3. The van der Waals surface area contributed by atoms with Crippen LogP contribution >= 0.6 is 22.9 Å². The third-order valence-electron chi connectivity index (χ3n) is 2.76. The average Bonchev–Trinajstić information content (AvgIpc) is 2.47. The molecule has 0 radical (unpaired) electrons. The van der Waals surface area contributed by atoms with E-state index in [9.17, 15) is 4.79 Å². The van der Waals surface area contributed by atoms with Gasteiger partial charge in [-0.25, -0.2) is 0 Å². The second-order valence-electron chi connectivity index (χ2n) is 3.82. The largest absolute Gasteiger partial charge is 0.319 e. The van der Waals surface area contributed by atoms with E-state index < -0.39 is 5.54 Å². The molecule has 0 bridgehead atoms. The SMILES string of the molecule is NC1(C(=O)Cc2ccc(Cl)s2)CCC1. The van der Waals surface area contributed by atoms with Gasteiger partial charge in [0.15, 0.2) is 5.78 Å². The van der Waals surface area contributed by atoms with Gasteiger partial charge in [-0.15, -0.1) is 11.3 Å². The number of ketones is 1. The molecule has 4 heteroatoms. The summed E-state index contributed by atoms with van der Waals surface area (Å²) in [6, 6.07) is 3.71. The van der Waals surface area contributed by atoms with E-state index in [2.05, 4.69) is 0 Å². The summed E-state index contributed by atoms with van der Waals surface area (Å²) < 4.78 is 0.729. The monoisotopic (exact) mass is 229 g/mol. The predicted molar refractivity (Wildman–Crippen MR) is 58.8 cm³/mol. The molecule has 1 aromatic rings. The molecule has 1 aliphatic rings. The Labute approximate surface area is 92.1 Å². The van der Waals surface area contributed by atoms with E-state index in [-0.39, 0.29) is 5.78 Å². The number of halogens is 1. The van der Waals surface area contributed by atoms with E-state index in [1.807, 2.05) is 12.1 Å². The van der Waals surface area contributed by atoms with Crippen LogP contribution in [0.5, 0.6) is 0 Å². The van der Waals surface area contributed by atoms with Gasteiger partial charge in [0.05, 0.1) is 9.88 Å². The Bertz CT molecular complexity index is 357. The van der Waals surface area contributed by atoms with Crippen LogP contribution in [-0.4, -0.2) is 11.3 Å². The first kappa shape index (κ1) is 10.1. The van der Waals surface area contributed by atoms with Crippen molar-refractivity contribution in [2.45, 2.75) is 31.2 Å². The normalized spacial score (nSPS) is 19.0. The van der Waals surface area contributed by atoms with Crippen LogP contribution in [0.3, 0.4) is 0 Å². The molecule has 0 saturated heterocycles. The number of hydrogen-bond donors (Lipinski definition) is 1. The lowest BCUT2D eigenvalue weighted by Gasteiger charge is -2.36. The average molecular weight is 230 g/mol. The summed E-state index contributed by atoms with van der Waals surface area (Å²) >= 11 is 7.24. The fourth-order valence-corrected chi connectivity index (χ4v) is 2.70. The van der Waals surface area contributed by atoms with Crippen LogP contribution in [0.4, 0.5) is 0 Å². The minimum atomic E-state index is -0.531. The minimum Gasteiger partial charge on any atom is -0.319 e. The second-order valence-corrected chi connectivity index (χ2v) is 5.62. The number of rotatable bonds is 3. The van der Waals surface area contributed by atoms with Crippen molar-refractivity contribution in [1.29, 1.82) is 0 Å². The highest BCUT2D eigenvalue weighted by Gasteiger charge is 2.39. The molecule has 0 spiro atoms. The van der Waals surface area contributed by atoms with Crippen molar-refractivity contribution in [2.24, 2.45) is 5.73 Å². The Balaban J connectivity index is 2.01. The van der Waals surface area contributed by atoms with Crippen LogP contribution in [0.2, 0.25) is 4.34 Å². The van der Waals surface area contributed by atoms with E-state index in [1.54, 1.807) is 0 Å². The van der Waals surface area contributed by atoms with E-state index in [4.69, 9.17) is 17.3 Å². The lowest BCUT2D eigenvalue weighted by atomic mass is 9.73. The third kappa shape index (κ3) is 1.85. The molecule has 14 heavy (non-hydrogen) atoms. The van der Waals surface area contributed by atoms with Gasteiger partial charge in [-0.2, -0.15) is 0 Å². The molecule has 1 saturated carbocycles. The van der Waals surface area contributed by atoms with Crippen LogP contribution in [-0.2, 0) is 11.2 Å². The highest BCUT2D eigenvalue weighted by Crippen LogP contribution is 2.32. The third-order valence-corrected chi connectivity index (χ3v) is 4.00. The lowest BCUT2D eigenvalue weighted by Crippen LogP contribution is -2.54. The highest BCUT2D eigenvalue weighted by molar-refractivity contribution is 7.16. The molecule has 0 aliphatic heterocycles. The van der Waals surface area contributed by atoms with Crippen LogP contribution in [0.15, 0.2) is 12.1 Å². The summed E-state index contributed by atoms with van der Waals surface area (Å²) in [4.78, 5) is 12.8. The summed E-state index contributed by atoms with van der Waals surface area (Å²) in [5, 5.41) is 0. The van der Waals surface area contributed by atoms with Crippen molar-refractivity contribution in [2.75, 3.05) is 0 Å². The predicted octanol–water partition coefficient (Wildman–Crippen LogP) is 2.39. The van der Waals surface area contributed by atoms with E-state index >= 15 is 0 Å². The van der Waals surface area contributed by atoms with Gasteiger partial charge in [0, 0.05) is 11.3 Å². The highest BCUT2D eigenvalue weighted by atomic mass is 35.5. The van der Waals surface area contributed by atoms with E-state index in [0.717, 1.165) is 28.5 Å². The summed E-state index contributed by atoms with van der Waals surface area (Å²) in [7, 11) is 0. The molecule has 2 nitrogen and oxygen atoms in total. The number of carbonyl (C=O) groups is 1. The van der Waals surface area contributed by atoms with Gasteiger partial charge in [-0.1, -0.05) is 11.6 Å². The lowest BCUT2D eigenvalue weighted by molar-refractivity contribution is -0.126. The molecule has 0 atom stereocenters. The molecule has 1 aliphatic carbocycles. The quantitative estimate of drug-likeness (QED) is 0.865.